The third-order valence-corrected chi connectivity index (χ3v) is 4.05. The van der Waals surface area contributed by atoms with Gasteiger partial charge in [0.25, 0.3) is 5.91 Å². The smallest absolute Gasteiger partial charge is 0.270 e. The SMILES string of the molecule is Cc1cc(C(=O)NC2CC2)nc(N2CCC(C)CC2)n1. The molecule has 0 atom stereocenters. The van der Waals surface area contributed by atoms with Gasteiger partial charge in [-0.2, -0.15) is 0 Å². The fourth-order valence-electron chi connectivity index (χ4n) is 2.51. The molecule has 20 heavy (non-hydrogen) atoms. The summed E-state index contributed by atoms with van der Waals surface area (Å²) in [6, 6.07) is 2.13. The van der Waals surface area contributed by atoms with E-state index in [-0.39, 0.29) is 5.91 Å². The Hall–Kier alpha value is -1.65. The van der Waals surface area contributed by atoms with Gasteiger partial charge in [-0.05, 0) is 44.6 Å². The number of nitrogens with one attached hydrogen (secondary N) is 1. The van der Waals surface area contributed by atoms with Crippen LogP contribution in [-0.2, 0) is 0 Å². The molecule has 1 saturated carbocycles. The summed E-state index contributed by atoms with van der Waals surface area (Å²) < 4.78 is 0. The molecule has 2 aliphatic rings. The van der Waals surface area contributed by atoms with Crippen LogP contribution < -0.4 is 10.2 Å². The zero-order valence-electron chi connectivity index (χ0n) is 12.2. The largest absolute Gasteiger partial charge is 0.348 e. The standard InChI is InChI=1S/C15H22N4O/c1-10-5-7-19(8-6-10)15-16-11(2)9-13(18-15)14(20)17-12-3-4-12/h9-10,12H,3-8H2,1-2H3,(H,17,20). The van der Waals surface area contributed by atoms with Crippen molar-refractivity contribution in [2.45, 2.75) is 45.6 Å². The van der Waals surface area contributed by atoms with Crippen molar-refractivity contribution in [3.63, 3.8) is 0 Å². The highest BCUT2D eigenvalue weighted by Crippen LogP contribution is 2.22. The van der Waals surface area contributed by atoms with Crippen LogP contribution in [0.15, 0.2) is 6.07 Å². The molecule has 2 heterocycles. The third kappa shape index (κ3) is 3.08. The number of aromatic nitrogens is 2. The second-order valence-electron chi connectivity index (χ2n) is 6.11. The minimum Gasteiger partial charge on any atom is -0.348 e. The molecule has 1 saturated heterocycles. The summed E-state index contributed by atoms with van der Waals surface area (Å²) in [6.45, 7) is 6.16. The van der Waals surface area contributed by atoms with Gasteiger partial charge in [0.15, 0.2) is 0 Å². The van der Waals surface area contributed by atoms with Gasteiger partial charge in [0.1, 0.15) is 5.69 Å². The molecule has 0 aromatic carbocycles. The highest BCUT2D eigenvalue weighted by atomic mass is 16.2. The molecule has 5 heteroatoms. The van der Waals surface area contributed by atoms with E-state index in [0.717, 1.165) is 37.5 Å². The Balaban J connectivity index is 1.76. The predicted molar refractivity (Wildman–Crippen MR) is 77.9 cm³/mol. The molecular formula is C15H22N4O. The maximum absolute atomic E-state index is 12.1. The first-order chi connectivity index (χ1) is 9.61. The predicted octanol–water partition coefficient (Wildman–Crippen LogP) is 1.91. The minimum absolute atomic E-state index is 0.0652. The molecular weight excluding hydrogens is 252 g/mol. The first kappa shape index (κ1) is 13.3. The van der Waals surface area contributed by atoms with Gasteiger partial charge >= 0.3 is 0 Å². The van der Waals surface area contributed by atoms with Crippen LogP contribution in [0.3, 0.4) is 0 Å². The number of carbonyl (C=O) groups excluding carboxylic acids is 1. The van der Waals surface area contributed by atoms with Crippen molar-refractivity contribution in [3.05, 3.63) is 17.5 Å². The van der Waals surface area contributed by atoms with Gasteiger partial charge < -0.3 is 10.2 Å². The maximum Gasteiger partial charge on any atom is 0.270 e. The van der Waals surface area contributed by atoms with Gasteiger partial charge in [-0.25, -0.2) is 9.97 Å². The van der Waals surface area contributed by atoms with Crippen molar-refractivity contribution in [2.75, 3.05) is 18.0 Å². The molecule has 5 nitrogen and oxygen atoms in total. The second kappa shape index (κ2) is 5.38. The Bertz CT molecular complexity index is 505. The summed E-state index contributed by atoms with van der Waals surface area (Å²) in [5.41, 5.74) is 1.35. The number of amides is 1. The van der Waals surface area contributed by atoms with Crippen LogP contribution in [0.1, 0.15) is 48.8 Å². The van der Waals surface area contributed by atoms with E-state index >= 15 is 0 Å². The molecule has 0 spiro atoms. The molecule has 0 unspecified atom stereocenters. The van der Waals surface area contributed by atoms with E-state index < -0.39 is 0 Å². The van der Waals surface area contributed by atoms with Crippen LogP contribution in [-0.4, -0.2) is 35.0 Å². The molecule has 1 amide bonds. The summed E-state index contributed by atoms with van der Waals surface area (Å²) in [6.07, 6.45) is 4.52. The lowest BCUT2D eigenvalue weighted by atomic mass is 10.00. The van der Waals surface area contributed by atoms with Crippen molar-refractivity contribution in [3.8, 4) is 0 Å². The zero-order valence-corrected chi connectivity index (χ0v) is 12.2. The summed E-state index contributed by atoms with van der Waals surface area (Å²) in [4.78, 5) is 23.3. The van der Waals surface area contributed by atoms with E-state index in [9.17, 15) is 4.79 Å². The summed E-state index contributed by atoms with van der Waals surface area (Å²) in [5, 5.41) is 2.99. The van der Waals surface area contributed by atoms with Gasteiger partial charge in [0.2, 0.25) is 5.95 Å². The van der Waals surface area contributed by atoms with Gasteiger partial charge in [0.05, 0.1) is 0 Å². The van der Waals surface area contributed by atoms with Crippen LogP contribution >= 0.6 is 0 Å². The zero-order chi connectivity index (χ0) is 14.1. The fourth-order valence-corrected chi connectivity index (χ4v) is 2.51. The van der Waals surface area contributed by atoms with Gasteiger partial charge in [0, 0.05) is 24.8 Å². The number of nitrogens with zero attached hydrogens (tertiary/aromatic N) is 3. The Morgan fingerprint density at radius 2 is 1.95 bits per heavy atom. The Kier molecular flexibility index (Phi) is 3.59. The average molecular weight is 274 g/mol. The van der Waals surface area contributed by atoms with Crippen LogP contribution in [0.25, 0.3) is 0 Å². The molecule has 108 valence electrons. The number of hydrogen-bond donors (Lipinski definition) is 1. The molecule has 1 N–H and O–H groups in total. The lowest BCUT2D eigenvalue weighted by Gasteiger charge is -2.30. The Morgan fingerprint density at radius 3 is 2.60 bits per heavy atom. The molecule has 1 aliphatic carbocycles. The minimum atomic E-state index is -0.0652. The first-order valence-corrected chi connectivity index (χ1v) is 7.53. The van der Waals surface area contributed by atoms with Crippen LogP contribution in [0.4, 0.5) is 5.95 Å². The summed E-state index contributed by atoms with van der Waals surface area (Å²) in [5.74, 6) is 1.41. The van der Waals surface area contributed by atoms with Gasteiger partial charge in [-0.1, -0.05) is 6.92 Å². The van der Waals surface area contributed by atoms with Crippen molar-refractivity contribution < 1.29 is 4.79 Å². The van der Waals surface area contributed by atoms with Gasteiger partial charge in [-0.3, -0.25) is 4.79 Å². The monoisotopic (exact) mass is 274 g/mol. The summed E-state index contributed by atoms with van der Waals surface area (Å²) in [7, 11) is 0. The normalized spacial score (nSPS) is 20.0. The van der Waals surface area contributed by atoms with E-state index in [4.69, 9.17) is 0 Å². The molecule has 0 bridgehead atoms. The molecule has 2 fully saturated rings. The van der Waals surface area contributed by atoms with Crippen molar-refractivity contribution in [1.29, 1.82) is 0 Å². The van der Waals surface area contributed by atoms with Crippen LogP contribution in [0.2, 0.25) is 0 Å². The molecule has 0 radical (unpaired) electrons. The lowest BCUT2D eigenvalue weighted by molar-refractivity contribution is 0.0946. The number of aryl methyl sites for hydroxylation is 1. The van der Waals surface area contributed by atoms with E-state index in [1.807, 2.05) is 6.92 Å². The number of carbonyl (C=O) groups is 1. The number of anilines is 1. The average Bonchev–Trinajstić information content (AvgIpc) is 3.22. The van der Waals surface area contributed by atoms with Crippen molar-refractivity contribution in [1.82, 2.24) is 15.3 Å². The highest BCUT2D eigenvalue weighted by molar-refractivity contribution is 5.93. The summed E-state index contributed by atoms with van der Waals surface area (Å²) >= 11 is 0. The maximum atomic E-state index is 12.1. The van der Waals surface area contributed by atoms with E-state index in [1.54, 1.807) is 6.07 Å². The molecule has 1 aromatic heterocycles. The molecule has 3 rings (SSSR count). The van der Waals surface area contributed by atoms with E-state index in [0.29, 0.717) is 17.7 Å². The molecule has 1 aromatic rings. The van der Waals surface area contributed by atoms with E-state index in [1.165, 1.54) is 12.8 Å². The Morgan fingerprint density at radius 1 is 1.25 bits per heavy atom. The molecule has 1 aliphatic heterocycles. The third-order valence-electron chi connectivity index (χ3n) is 4.05. The van der Waals surface area contributed by atoms with Crippen LogP contribution in [0.5, 0.6) is 0 Å². The quantitative estimate of drug-likeness (QED) is 0.914. The Labute approximate surface area is 119 Å². The first-order valence-electron chi connectivity index (χ1n) is 7.53. The van der Waals surface area contributed by atoms with Gasteiger partial charge in [-0.15, -0.1) is 0 Å². The number of piperidine rings is 1. The topological polar surface area (TPSA) is 58.1 Å². The fraction of sp³-hybridized carbons (Fsp3) is 0.667. The van der Waals surface area contributed by atoms with Crippen LogP contribution in [0, 0.1) is 12.8 Å². The van der Waals surface area contributed by atoms with Crippen molar-refractivity contribution >= 4 is 11.9 Å². The number of hydrogen-bond acceptors (Lipinski definition) is 4. The number of rotatable bonds is 3. The van der Waals surface area contributed by atoms with E-state index in [2.05, 4.69) is 27.1 Å². The van der Waals surface area contributed by atoms with Crippen molar-refractivity contribution in [2.24, 2.45) is 5.92 Å². The highest BCUT2D eigenvalue weighted by Gasteiger charge is 2.25. The second-order valence-corrected chi connectivity index (χ2v) is 6.11. The lowest BCUT2D eigenvalue weighted by Crippen LogP contribution is -2.35.